The zero-order valence-electron chi connectivity index (χ0n) is 17.7. The molecule has 0 aromatic heterocycles. The Morgan fingerprint density at radius 1 is 0.800 bits per heavy atom. The Hall–Kier alpha value is -1.20. The molecule has 2 nitrogen and oxygen atoms in total. The second kappa shape index (κ2) is 10.4. The Bertz CT molecular complexity index is 991. The molecule has 0 spiro atoms. The number of hydrogen-bond donors (Lipinski definition) is 1. The van der Waals surface area contributed by atoms with Gasteiger partial charge in [0.05, 0.1) is 0 Å². The van der Waals surface area contributed by atoms with Gasteiger partial charge in [-0.2, -0.15) is 0 Å². The molecule has 3 aromatic rings. The summed E-state index contributed by atoms with van der Waals surface area (Å²) in [7, 11) is 0. The van der Waals surface area contributed by atoms with Crippen LogP contribution in [0.15, 0.2) is 66.7 Å². The Labute approximate surface area is 200 Å². The van der Waals surface area contributed by atoms with E-state index in [0.29, 0.717) is 3.67 Å². The Morgan fingerprint density at radius 2 is 1.27 bits per heavy atom. The van der Waals surface area contributed by atoms with Crippen LogP contribution in [0.4, 0.5) is 0 Å². The van der Waals surface area contributed by atoms with Gasteiger partial charge in [0.2, 0.25) is 0 Å². The molecule has 1 aliphatic rings. The van der Waals surface area contributed by atoms with E-state index >= 15 is 0 Å². The summed E-state index contributed by atoms with van der Waals surface area (Å²) in [5.41, 5.74) is 8.62. The van der Waals surface area contributed by atoms with Crippen molar-refractivity contribution >= 4 is 11.9 Å². The molecule has 4 rings (SSSR count). The molecule has 0 unspecified atom stereocenters. The molecule has 1 aliphatic carbocycles. The first-order chi connectivity index (χ1) is 13.5. The first-order valence-corrected chi connectivity index (χ1v) is 22.9. The summed E-state index contributed by atoms with van der Waals surface area (Å²) in [6, 6.07) is 23.7. The largest absolute Gasteiger partial charge is 1.00 e. The first-order valence-electron chi connectivity index (χ1n) is 9.91. The predicted octanol–water partition coefficient (Wildman–Crippen LogP) is -0.672. The van der Waals surface area contributed by atoms with Crippen molar-refractivity contribution in [2.75, 3.05) is 0 Å². The topological polar surface area (TPSA) is 29.1 Å². The van der Waals surface area contributed by atoms with E-state index < -0.39 is 26.9 Å². The average Bonchev–Trinajstić information content (AvgIpc) is 3.00. The van der Waals surface area contributed by atoms with Gasteiger partial charge < -0.3 is 24.8 Å². The van der Waals surface area contributed by atoms with Gasteiger partial charge >= 0.3 is 177 Å². The van der Waals surface area contributed by atoms with Crippen molar-refractivity contribution < 1.29 is 50.5 Å². The van der Waals surface area contributed by atoms with Crippen molar-refractivity contribution in [2.45, 2.75) is 30.6 Å². The molecule has 30 heavy (non-hydrogen) atoms. The number of carbonyl (C=O) groups excluding carboxylic acids is 1. The molecule has 1 amide bonds. The van der Waals surface area contributed by atoms with Crippen molar-refractivity contribution in [3.63, 3.8) is 0 Å². The van der Waals surface area contributed by atoms with Crippen LogP contribution in [0.2, 0.25) is 13.1 Å². The van der Waals surface area contributed by atoms with Gasteiger partial charge in [0.1, 0.15) is 0 Å². The standard InChI is InChI=1S/C13H9.C9H11NO.C2H7Si.2ClH.Hf/c1-3-7-12-10(5-1)9-11-6-2-4-8-13(11)12;1-6-4-3-5-7(2)8(6)9(10)11;1-3-2;;;/h1-9H;3-5H,1-2H3,(H2,10,11);3H,1-2H3;2*1H;/q;;;;;+3/p-3. The Balaban J connectivity index is 0.00000160. The van der Waals surface area contributed by atoms with E-state index in [0.717, 1.165) is 16.7 Å². The van der Waals surface area contributed by atoms with E-state index in [9.17, 15) is 4.79 Å². The molecule has 0 bridgehead atoms. The van der Waals surface area contributed by atoms with Crippen LogP contribution in [0.25, 0.3) is 11.1 Å². The van der Waals surface area contributed by atoms with E-state index in [1.54, 1.807) is 0 Å². The molecule has 155 valence electrons. The predicted molar refractivity (Wildman–Crippen MR) is 116 cm³/mol. The van der Waals surface area contributed by atoms with E-state index in [1.165, 1.54) is 22.3 Å². The van der Waals surface area contributed by atoms with Crippen LogP contribution in [0.3, 0.4) is 0 Å². The average molecular weight is 622 g/mol. The van der Waals surface area contributed by atoms with Crippen LogP contribution in [-0.2, 0) is 20.9 Å². The first kappa shape index (κ1) is 25.1. The smallest absolute Gasteiger partial charge is 1.00 e. The van der Waals surface area contributed by atoms with Crippen LogP contribution in [-0.4, -0.2) is 11.9 Å². The number of aryl methyl sites for hydroxylation is 2. The summed E-state index contributed by atoms with van der Waals surface area (Å²) >= 11 is -2.48. The fourth-order valence-corrected chi connectivity index (χ4v) is 25.8. The van der Waals surface area contributed by atoms with Gasteiger partial charge in [-0.1, -0.05) is 0 Å². The van der Waals surface area contributed by atoms with Gasteiger partial charge in [-0.25, -0.2) is 0 Å². The van der Waals surface area contributed by atoms with Crippen LogP contribution < -0.4 is 28.1 Å². The van der Waals surface area contributed by atoms with E-state index in [2.05, 4.69) is 64.9 Å². The third kappa shape index (κ3) is 4.52. The van der Waals surface area contributed by atoms with Gasteiger partial charge in [-0.3, -0.25) is 0 Å². The summed E-state index contributed by atoms with van der Waals surface area (Å²) in [6.07, 6.45) is 0. The molecule has 0 heterocycles. The minimum absolute atomic E-state index is 0. The number of nitrogens with one attached hydrogen (secondary N) is 1. The Morgan fingerprint density at radius 3 is 1.73 bits per heavy atom. The van der Waals surface area contributed by atoms with Crippen LogP contribution >= 0.6 is 0 Å². The van der Waals surface area contributed by atoms with Crippen molar-refractivity contribution in [1.29, 1.82) is 0 Å². The maximum atomic E-state index is 13.3. The van der Waals surface area contributed by atoms with Crippen LogP contribution in [0.1, 0.15) is 36.3 Å². The van der Waals surface area contributed by atoms with Crippen molar-refractivity contribution in [2.24, 2.45) is 0 Å². The molecule has 0 atom stereocenters. The fourth-order valence-electron chi connectivity index (χ4n) is 4.41. The molecule has 0 saturated carbocycles. The maximum absolute atomic E-state index is 13.3. The van der Waals surface area contributed by atoms with Gasteiger partial charge in [-0.15, -0.1) is 0 Å². The minimum Gasteiger partial charge on any atom is -1.00 e. The van der Waals surface area contributed by atoms with Crippen molar-refractivity contribution in [3.05, 3.63) is 94.5 Å². The molecular weight excluding hydrogens is 596 g/mol. The third-order valence-electron chi connectivity index (χ3n) is 5.73. The van der Waals surface area contributed by atoms with Crippen LogP contribution in [0.5, 0.6) is 0 Å². The molecule has 0 fully saturated rings. The van der Waals surface area contributed by atoms with Gasteiger partial charge in [0.15, 0.2) is 0 Å². The van der Waals surface area contributed by atoms with E-state index in [1.807, 2.05) is 32.0 Å². The fraction of sp³-hybridized carbons (Fsp3) is 0.208. The third-order valence-corrected chi connectivity index (χ3v) is 30.6. The normalized spacial score (nSPS) is 11.8. The maximum Gasteiger partial charge on any atom is -1.00 e. The second-order valence-corrected chi connectivity index (χ2v) is 34.0. The summed E-state index contributed by atoms with van der Waals surface area (Å²) in [5.74, 6) is -0.833. The van der Waals surface area contributed by atoms with Gasteiger partial charge in [-0.05, 0) is 0 Å². The number of halogens is 2. The quantitative estimate of drug-likeness (QED) is 0.385. The summed E-state index contributed by atoms with van der Waals surface area (Å²) < 4.78 is 4.12. The Kier molecular flexibility index (Phi) is 8.69. The number of benzene rings is 3. The number of rotatable bonds is 4. The number of amides is 1. The number of hydrogen-bond acceptors (Lipinski definition) is 1. The molecule has 3 aromatic carbocycles. The monoisotopic (exact) mass is 622 g/mol. The number of fused-ring (bicyclic) bond motifs is 3. The van der Waals surface area contributed by atoms with E-state index in [-0.39, 0.29) is 30.7 Å². The summed E-state index contributed by atoms with van der Waals surface area (Å²) in [4.78, 5) is 13.3. The number of carbonyl (C=O) groups is 1. The van der Waals surface area contributed by atoms with Crippen LogP contribution in [0, 0.1) is 13.8 Å². The summed E-state index contributed by atoms with van der Waals surface area (Å²) in [5, 5.41) is 0. The van der Waals surface area contributed by atoms with Gasteiger partial charge in [0, 0.05) is 0 Å². The molecule has 0 radical (unpaired) electrons. The molecule has 0 aliphatic heterocycles. The molecular formula is C24H26Cl2HfNOSi. The van der Waals surface area contributed by atoms with Crippen molar-refractivity contribution in [1.82, 2.24) is 3.30 Å². The van der Waals surface area contributed by atoms with Crippen molar-refractivity contribution in [3.8, 4) is 11.1 Å². The zero-order chi connectivity index (χ0) is 19.8. The van der Waals surface area contributed by atoms with Gasteiger partial charge in [0.25, 0.3) is 0 Å². The molecule has 0 saturated heterocycles. The second-order valence-electron chi connectivity index (χ2n) is 7.94. The SMILES string of the molecule is Cc1cccc(C)c1C(=O)[NH][Hf+2]([CH]1c2ccccc2-c2ccccc21)[SiH](C)C.[Cl-].[Cl-]. The molecule has 1 N–H and O–H groups in total. The summed E-state index contributed by atoms with van der Waals surface area (Å²) in [6.45, 7) is 8.94. The van der Waals surface area contributed by atoms with E-state index in [4.69, 9.17) is 0 Å². The zero-order valence-corrected chi connectivity index (χ0v) is 23.9. The molecule has 6 heteroatoms. The minimum atomic E-state index is -2.48.